The second-order valence-electron chi connectivity index (χ2n) is 4.97. The van der Waals surface area contributed by atoms with E-state index in [-0.39, 0.29) is 17.3 Å². The fourth-order valence-corrected chi connectivity index (χ4v) is 2.11. The van der Waals surface area contributed by atoms with E-state index in [0.29, 0.717) is 5.56 Å². The molecule has 118 valence electrons. The second-order valence-corrected chi connectivity index (χ2v) is 4.97. The molecule has 0 amide bonds. The highest BCUT2D eigenvalue weighted by Gasteiger charge is 2.21. The molecule has 0 radical (unpaired) electrons. The predicted octanol–water partition coefficient (Wildman–Crippen LogP) is 3.60. The number of rotatable bonds is 4. The Morgan fingerprint density at radius 1 is 1.00 bits per heavy atom. The number of nitro groups is 1. The lowest BCUT2D eigenvalue weighted by atomic mass is 10.2. The molecular formula is C18H12N2O4. The molecule has 0 bridgehead atoms. The lowest BCUT2D eigenvalue weighted by Crippen LogP contribution is -2.01. The van der Waals surface area contributed by atoms with Gasteiger partial charge in [-0.25, -0.2) is 9.79 Å². The molecule has 2 aromatic rings. The molecule has 0 atom stereocenters. The standard InChI is InChI=1S/C18H12N2O4/c21-18-16(12-13-5-2-1-3-6-13)19-17(24-18)10-9-14-7-4-8-15(11-14)20(22)23/h1-12H. The van der Waals surface area contributed by atoms with Crippen molar-refractivity contribution in [2.24, 2.45) is 4.99 Å². The van der Waals surface area contributed by atoms with Gasteiger partial charge in [-0.3, -0.25) is 10.1 Å². The average molecular weight is 320 g/mol. The second kappa shape index (κ2) is 6.70. The number of carbonyl (C=O) groups is 1. The third-order valence-corrected chi connectivity index (χ3v) is 3.24. The van der Waals surface area contributed by atoms with Crippen molar-refractivity contribution in [2.75, 3.05) is 0 Å². The topological polar surface area (TPSA) is 81.8 Å². The summed E-state index contributed by atoms with van der Waals surface area (Å²) < 4.78 is 5.07. The van der Waals surface area contributed by atoms with Gasteiger partial charge in [0, 0.05) is 18.2 Å². The van der Waals surface area contributed by atoms with Crippen LogP contribution in [0.25, 0.3) is 12.2 Å². The SMILES string of the molecule is O=C1OC(C=Cc2cccc([N+](=O)[O-])c2)=NC1=Cc1ccccc1. The summed E-state index contributed by atoms with van der Waals surface area (Å²) in [4.78, 5) is 26.2. The van der Waals surface area contributed by atoms with Crippen LogP contribution in [0.3, 0.4) is 0 Å². The van der Waals surface area contributed by atoms with E-state index in [0.717, 1.165) is 5.56 Å². The molecule has 1 aliphatic rings. The number of benzene rings is 2. The van der Waals surface area contributed by atoms with Crippen molar-refractivity contribution in [2.45, 2.75) is 0 Å². The number of nitrogens with zero attached hydrogens (tertiary/aromatic N) is 2. The van der Waals surface area contributed by atoms with Crippen molar-refractivity contribution in [1.29, 1.82) is 0 Å². The highest BCUT2D eigenvalue weighted by Crippen LogP contribution is 2.18. The Labute approximate surface area is 137 Å². The van der Waals surface area contributed by atoms with Crippen LogP contribution in [-0.4, -0.2) is 16.8 Å². The predicted molar refractivity (Wildman–Crippen MR) is 90.1 cm³/mol. The first-order chi connectivity index (χ1) is 11.6. The molecule has 0 N–H and O–H groups in total. The largest absolute Gasteiger partial charge is 0.403 e. The first-order valence-electron chi connectivity index (χ1n) is 7.12. The van der Waals surface area contributed by atoms with E-state index in [2.05, 4.69) is 4.99 Å². The minimum atomic E-state index is -0.530. The van der Waals surface area contributed by atoms with E-state index >= 15 is 0 Å². The van der Waals surface area contributed by atoms with Gasteiger partial charge < -0.3 is 4.74 Å². The highest BCUT2D eigenvalue weighted by molar-refractivity contribution is 6.11. The van der Waals surface area contributed by atoms with Crippen LogP contribution in [-0.2, 0) is 9.53 Å². The van der Waals surface area contributed by atoms with E-state index in [1.807, 2.05) is 30.3 Å². The van der Waals surface area contributed by atoms with E-state index in [1.165, 1.54) is 18.2 Å². The molecule has 0 aliphatic carbocycles. The molecule has 3 rings (SSSR count). The van der Waals surface area contributed by atoms with E-state index in [4.69, 9.17) is 4.74 Å². The molecule has 2 aromatic carbocycles. The Balaban J connectivity index is 1.80. The zero-order chi connectivity index (χ0) is 16.9. The molecular weight excluding hydrogens is 308 g/mol. The molecule has 0 saturated carbocycles. The fraction of sp³-hybridized carbons (Fsp3) is 0. The molecule has 0 aromatic heterocycles. The maximum Gasteiger partial charge on any atom is 0.363 e. The summed E-state index contributed by atoms with van der Waals surface area (Å²) >= 11 is 0. The number of cyclic esters (lactones) is 1. The van der Waals surface area contributed by atoms with Crippen molar-refractivity contribution in [1.82, 2.24) is 0 Å². The Hall–Kier alpha value is -3.54. The Kier molecular flexibility index (Phi) is 4.29. The average Bonchev–Trinajstić information content (AvgIpc) is 2.94. The van der Waals surface area contributed by atoms with Crippen molar-refractivity contribution >= 4 is 29.7 Å². The molecule has 0 unspecified atom stereocenters. The molecule has 0 saturated heterocycles. The summed E-state index contributed by atoms with van der Waals surface area (Å²) in [5, 5.41) is 10.8. The lowest BCUT2D eigenvalue weighted by Gasteiger charge is -1.94. The molecule has 1 aliphatic heterocycles. The van der Waals surface area contributed by atoms with Crippen LogP contribution in [0.15, 0.2) is 71.4 Å². The monoisotopic (exact) mass is 320 g/mol. The van der Waals surface area contributed by atoms with Crippen LogP contribution in [0, 0.1) is 10.1 Å². The van der Waals surface area contributed by atoms with Gasteiger partial charge in [0.1, 0.15) is 0 Å². The van der Waals surface area contributed by atoms with Gasteiger partial charge in [0.15, 0.2) is 5.70 Å². The summed E-state index contributed by atoms with van der Waals surface area (Å²) in [7, 11) is 0. The van der Waals surface area contributed by atoms with E-state index in [9.17, 15) is 14.9 Å². The zero-order valence-corrected chi connectivity index (χ0v) is 12.5. The smallest absolute Gasteiger partial charge is 0.363 e. The first-order valence-corrected chi connectivity index (χ1v) is 7.12. The summed E-state index contributed by atoms with van der Waals surface area (Å²) in [5.41, 5.74) is 1.66. The summed E-state index contributed by atoms with van der Waals surface area (Å²) in [6.45, 7) is 0. The van der Waals surface area contributed by atoms with Crippen LogP contribution in [0.2, 0.25) is 0 Å². The number of non-ortho nitro benzene ring substituents is 1. The normalized spacial score (nSPS) is 15.6. The Bertz CT molecular complexity index is 883. The van der Waals surface area contributed by atoms with Gasteiger partial charge in [0.25, 0.3) is 5.69 Å². The Morgan fingerprint density at radius 3 is 2.50 bits per heavy atom. The number of esters is 1. The maximum atomic E-state index is 11.8. The molecule has 1 heterocycles. The quantitative estimate of drug-likeness (QED) is 0.373. The van der Waals surface area contributed by atoms with Gasteiger partial charge in [-0.1, -0.05) is 42.5 Å². The minimum absolute atomic E-state index is 0.00725. The highest BCUT2D eigenvalue weighted by atomic mass is 16.6. The van der Waals surface area contributed by atoms with Gasteiger partial charge in [-0.2, -0.15) is 0 Å². The molecule has 0 fully saturated rings. The first kappa shape index (κ1) is 15.4. The van der Waals surface area contributed by atoms with Crippen LogP contribution < -0.4 is 0 Å². The number of hydrogen-bond donors (Lipinski definition) is 0. The number of carbonyl (C=O) groups excluding carboxylic acids is 1. The number of ether oxygens (including phenoxy) is 1. The van der Waals surface area contributed by atoms with Crippen molar-refractivity contribution < 1.29 is 14.5 Å². The summed E-state index contributed by atoms with van der Waals surface area (Å²) in [5.74, 6) is -0.383. The van der Waals surface area contributed by atoms with Gasteiger partial charge in [-0.15, -0.1) is 0 Å². The van der Waals surface area contributed by atoms with Crippen LogP contribution >= 0.6 is 0 Å². The van der Waals surface area contributed by atoms with Gasteiger partial charge in [0.05, 0.1) is 4.92 Å². The van der Waals surface area contributed by atoms with Crippen LogP contribution in [0.1, 0.15) is 11.1 Å². The van der Waals surface area contributed by atoms with Crippen molar-refractivity contribution in [3.63, 3.8) is 0 Å². The summed E-state index contributed by atoms with van der Waals surface area (Å²) in [6, 6.07) is 15.4. The molecule has 6 nitrogen and oxygen atoms in total. The van der Waals surface area contributed by atoms with Gasteiger partial charge >= 0.3 is 5.97 Å². The Morgan fingerprint density at radius 2 is 1.75 bits per heavy atom. The third-order valence-electron chi connectivity index (χ3n) is 3.24. The maximum absolute atomic E-state index is 11.8. The third kappa shape index (κ3) is 3.61. The lowest BCUT2D eigenvalue weighted by molar-refractivity contribution is -0.384. The van der Waals surface area contributed by atoms with E-state index < -0.39 is 10.9 Å². The number of aliphatic imine (C=N–C) groups is 1. The van der Waals surface area contributed by atoms with Crippen molar-refractivity contribution in [3.8, 4) is 0 Å². The molecule has 0 spiro atoms. The van der Waals surface area contributed by atoms with Gasteiger partial charge in [-0.05, 0) is 23.3 Å². The fourth-order valence-electron chi connectivity index (χ4n) is 2.11. The molecule has 6 heteroatoms. The van der Waals surface area contributed by atoms with E-state index in [1.54, 1.807) is 24.3 Å². The number of hydrogen-bond acceptors (Lipinski definition) is 5. The zero-order valence-electron chi connectivity index (χ0n) is 12.5. The van der Waals surface area contributed by atoms with Crippen LogP contribution in [0.5, 0.6) is 0 Å². The van der Waals surface area contributed by atoms with Gasteiger partial charge in [0.2, 0.25) is 5.90 Å². The minimum Gasteiger partial charge on any atom is -0.403 e. The molecule has 24 heavy (non-hydrogen) atoms. The summed E-state index contributed by atoms with van der Waals surface area (Å²) in [6.07, 6.45) is 4.74. The van der Waals surface area contributed by atoms with Crippen LogP contribution in [0.4, 0.5) is 5.69 Å². The van der Waals surface area contributed by atoms with Crippen molar-refractivity contribution in [3.05, 3.63) is 87.6 Å². The number of nitro benzene ring substituents is 1.